The van der Waals surface area contributed by atoms with Gasteiger partial charge < -0.3 is 28.9 Å². The second-order valence-electron chi connectivity index (χ2n) is 9.02. The van der Waals surface area contributed by atoms with Crippen molar-refractivity contribution in [2.75, 3.05) is 33.2 Å². The van der Waals surface area contributed by atoms with Gasteiger partial charge in [-0.15, -0.1) is 10.2 Å². The Morgan fingerprint density at radius 1 is 1.05 bits per heavy atom. The zero-order valence-corrected chi connectivity index (χ0v) is 22.1. The predicted molar refractivity (Wildman–Crippen MR) is 143 cm³/mol. The van der Waals surface area contributed by atoms with Gasteiger partial charge in [0.05, 0.1) is 31.8 Å². The normalized spacial score (nSPS) is 11.0. The highest BCUT2D eigenvalue weighted by atomic mass is 19.1. The molecule has 0 aliphatic rings. The van der Waals surface area contributed by atoms with Crippen molar-refractivity contribution in [2.45, 2.75) is 32.6 Å². The van der Waals surface area contributed by atoms with Crippen LogP contribution in [-0.4, -0.2) is 48.6 Å². The Morgan fingerprint density at radius 2 is 1.76 bits per heavy atom. The number of nitrogens with zero attached hydrogens (tertiary/aromatic N) is 3. The van der Waals surface area contributed by atoms with Crippen molar-refractivity contribution in [1.82, 2.24) is 15.2 Å². The number of pyridine rings is 1. The first-order chi connectivity index (χ1) is 18.3. The largest absolute Gasteiger partial charge is 0.506 e. The SMILES string of the molecule is CCCCc1[nH]c(=O)c(-c2nnc(Cc3ccc(F)cc3N(C)C)o2)c(O)c1-c1c(OC)cccc1OC. The number of benzene rings is 2. The van der Waals surface area contributed by atoms with E-state index in [1.807, 2.05) is 21.0 Å². The van der Waals surface area contributed by atoms with E-state index in [1.165, 1.54) is 26.4 Å². The van der Waals surface area contributed by atoms with Gasteiger partial charge in [0.1, 0.15) is 28.6 Å². The van der Waals surface area contributed by atoms with Crippen LogP contribution < -0.4 is 19.9 Å². The topological polar surface area (TPSA) is 114 Å². The van der Waals surface area contributed by atoms with Crippen LogP contribution in [0.3, 0.4) is 0 Å². The summed E-state index contributed by atoms with van der Waals surface area (Å²) in [6.07, 6.45) is 2.40. The number of ether oxygens (including phenoxy) is 2. The van der Waals surface area contributed by atoms with E-state index < -0.39 is 5.56 Å². The number of halogens is 1. The lowest BCUT2D eigenvalue weighted by Gasteiger charge is -2.18. The van der Waals surface area contributed by atoms with Crippen molar-refractivity contribution in [3.8, 4) is 39.8 Å². The summed E-state index contributed by atoms with van der Waals surface area (Å²) in [6.45, 7) is 2.04. The molecule has 0 bridgehead atoms. The van der Waals surface area contributed by atoms with Crippen LogP contribution in [-0.2, 0) is 12.8 Å². The fourth-order valence-electron chi connectivity index (χ4n) is 4.44. The van der Waals surface area contributed by atoms with Gasteiger partial charge in [-0.1, -0.05) is 25.5 Å². The first-order valence-electron chi connectivity index (χ1n) is 12.3. The number of aryl methyl sites for hydroxylation is 1. The van der Waals surface area contributed by atoms with Gasteiger partial charge in [-0.25, -0.2) is 4.39 Å². The number of aromatic amines is 1. The first kappa shape index (κ1) is 26.7. The van der Waals surface area contributed by atoms with Gasteiger partial charge in [0.15, 0.2) is 0 Å². The minimum absolute atomic E-state index is 0.135. The Hall–Kier alpha value is -4.34. The zero-order chi connectivity index (χ0) is 27.4. The average Bonchev–Trinajstić information content (AvgIpc) is 3.35. The van der Waals surface area contributed by atoms with Crippen LogP contribution in [0.2, 0.25) is 0 Å². The molecular weight excluding hydrogens is 491 g/mol. The number of anilines is 1. The van der Waals surface area contributed by atoms with Crippen molar-refractivity contribution < 1.29 is 23.4 Å². The van der Waals surface area contributed by atoms with Gasteiger partial charge in [-0.2, -0.15) is 0 Å². The van der Waals surface area contributed by atoms with Crippen LogP contribution in [0.1, 0.15) is 36.9 Å². The van der Waals surface area contributed by atoms with Gasteiger partial charge in [0.25, 0.3) is 11.4 Å². The highest BCUT2D eigenvalue weighted by Gasteiger charge is 2.27. The van der Waals surface area contributed by atoms with E-state index in [1.54, 1.807) is 29.2 Å². The second-order valence-corrected chi connectivity index (χ2v) is 9.02. The number of H-pyrrole nitrogens is 1. The molecule has 10 heteroatoms. The Morgan fingerprint density at radius 3 is 2.39 bits per heavy atom. The van der Waals surface area contributed by atoms with E-state index in [9.17, 15) is 14.3 Å². The number of nitrogens with one attached hydrogen (secondary N) is 1. The zero-order valence-electron chi connectivity index (χ0n) is 22.1. The van der Waals surface area contributed by atoms with Crippen LogP contribution in [0.15, 0.2) is 45.6 Å². The number of methoxy groups -OCH3 is 2. The van der Waals surface area contributed by atoms with E-state index in [0.717, 1.165) is 18.4 Å². The molecule has 0 spiro atoms. The van der Waals surface area contributed by atoms with Crippen molar-refractivity contribution in [3.05, 3.63) is 69.7 Å². The maximum Gasteiger partial charge on any atom is 0.264 e. The van der Waals surface area contributed by atoms with Crippen LogP contribution in [0.25, 0.3) is 22.6 Å². The molecule has 0 radical (unpaired) electrons. The molecule has 0 unspecified atom stereocenters. The quantitative estimate of drug-likeness (QED) is 0.301. The standard InChI is InChI=1S/C28H31FN4O5/c1-6-7-9-18-23(24-20(36-4)10-8-11-21(24)37-5)26(34)25(27(35)30-18)28-32-31-22(38-28)14-16-12-13-17(29)15-19(16)33(2)3/h8,10-13,15H,6-7,9,14H2,1-5H3,(H2,30,34,35). The molecule has 2 heterocycles. The monoisotopic (exact) mass is 522 g/mol. The van der Waals surface area contributed by atoms with Crippen molar-refractivity contribution in [1.29, 1.82) is 0 Å². The molecule has 0 saturated heterocycles. The molecule has 2 N–H and O–H groups in total. The fraction of sp³-hybridized carbons (Fsp3) is 0.321. The predicted octanol–water partition coefficient (Wildman–Crippen LogP) is 4.95. The van der Waals surface area contributed by atoms with E-state index in [0.29, 0.717) is 40.4 Å². The molecule has 9 nitrogen and oxygen atoms in total. The number of hydrogen-bond acceptors (Lipinski definition) is 8. The molecule has 2 aromatic heterocycles. The molecule has 0 aliphatic heterocycles. The highest BCUT2D eigenvalue weighted by molar-refractivity contribution is 5.87. The molecule has 0 saturated carbocycles. The molecule has 4 rings (SSSR count). The second kappa shape index (κ2) is 11.4. The molecule has 4 aromatic rings. The van der Waals surface area contributed by atoms with Gasteiger partial charge in [0.2, 0.25) is 5.89 Å². The number of hydrogen-bond donors (Lipinski definition) is 2. The number of aromatic nitrogens is 3. The lowest BCUT2D eigenvalue weighted by Crippen LogP contribution is -2.14. The maximum atomic E-state index is 13.8. The van der Waals surface area contributed by atoms with E-state index in [2.05, 4.69) is 15.2 Å². The summed E-state index contributed by atoms with van der Waals surface area (Å²) >= 11 is 0. The van der Waals surface area contributed by atoms with Gasteiger partial charge in [-0.3, -0.25) is 4.79 Å². The summed E-state index contributed by atoms with van der Waals surface area (Å²) in [7, 11) is 6.66. The molecule has 0 aliphatic carbocycles. The van der Waals surface area contributed by atoms with Crippen LogP contribution >= 0.6 is 0 Å². The molecule has 200 valence electrons. The Kier molecular flexibility index (Phi) is 7.99. The van der Waals surface area contributed by atoms with Crippen molar-refractivity contribution in [3.63, 3.8) is 0 Å². The molecule has 38 heavy (non-hydrogen) atoms. The smallest absolute Gasteiger partial charge is 0.264 e. The highest BCUT2D eigenvalue weighted by Crippen LogP contribution is 2.46. The summed E-state index contributed by atoms with van der Waals surface area (Å²) < 4.78 is 30.8. The van der Waals surface area contributed by atoms with E-state index in [-0.39, 0.29) is 35.3 Å². The first-order valence-corrected chi connectivity index (χ1v) is 12.3. The summed E-state index contributed by atoms with van der Waals surface area (Å²) in [6, 6.07) is 9.71. The third kappa shape index (κ3) is 5.20. The minimum Gasteiger partial charge on any atom is -0.506 e. The Bertz CT molecular complexity index is 1470. The third-order valence-electron chi connectivity index (χ3n) is 6.28. The van der Waals surface area contributed by atoms with Crippen molar-refractivity contribution in [2.24, 2.45) is 0 Å². The van der Waals surface area contributed by atoms with Crippen molar-refractivity contribution >= 4 is 5.69 Å². The Labute approximate surface area is 219 Å². The maximum absolute atomic E-state index is 13.8. The fourth-order valence-corrected chi connectivity index (χ4v) is 4.44. The lowest BCUT2D eigenvalue weighted by atomic mass is 9.96. The van der Waals surface area contributed by atoms with Crippen LogP contribution in [0.5, 0.6) is 17.2 Å². The molecule has 0 fully saturated rings. The summed E-state index contributed by atoms with van der Waals surface area (Å²) in [4.78, 5) is 17.9. The number of rotatable bonds is 10. The summed E-state index contributed by atoms with van der Waals surface area (Å²) in [5, 5.41) is 19.7. The van der Waals surface area contributed by atoms with Crippen LogP contribution in [0, 0.1) is 5.82 Å². The Balaban J connectivity index is 1.85. The molecule has 0 atom stereocenters. The van der Waals surface area contributed by atoms with Gasteiger partial charge in [0, 0.05) is 25.5 Å². The lowest BCUT2D eigenvalue weighted by molar-refractivity contribution is 0.396. The summed E-state index contributed by atoms with van der Waals surface area (Å²) in [5.41, 5.74) is 2.13. The van der Waals surface area contributed by atoms with E-state index in [4.69, 9.17) is 13.9 Å². The van der Waals surface area contributed by atoms with Gasteiger partial charge in [-0.05, 0) is 42.7 Å². The van der Waals surface area contributed by atoms with Gasteiger partial charge >= 0.3 is 0 Å². The van der Waals surface area contributed by atoms with E-state index >= 15 is 0 Å². The number of unbranched alkanes of at least 4 members (excludes halogenated alkanes) is 1. The third-order valence-corrected chi connectivity index (χ3v) is 6.28. The number of aromatic hydroxyl groups is 1. The average molecular weight is 523 g/mol. The molecule has 2 aromatic carbocycles. The molecular formula is C28H31FN4O5. The summed E-state index contributed by atoms with van der Waals surface area (Å²) in [5.74, 6) is 0.337. The van der Waals surface area contributed by atoms with Crippen LogP contribution in [0.4, 0.5) is 10.1 Å². The molecule has 0 amide bonds. The minimum atomic E-state index is -0.558.